The summed E-state index contributed by atoms with van der Waals surface area (Å²) in [6.07, 6.45) is 1.54. The minimum Gasteiger partial charge on any atom is -0.350 e. The van der Waals surface area contributed by atoms with Crippen molar-refractivity contribution in [1.29, 1.82) is 0 Å². The van der Waals surface area contributed by atoms with Crippen LogP contribution in [0.5, 0.6) is 0 Å². The number of aryl methyl sites for hydroxylation is 1. The summed E-state index contributed by atoms with van der Waals surface area (Å²) in [6, 6.07) is 25.0. The molecule has 0 bridgehead atoms. The second kappa shape index (κ2) is 10.1. The lowest BCUT2D eigenvalue weighted by atomic mass is 10.1. The lowest BCUT2D eigenvalue weighted by Crippen LogP contribution is -2.34. The number of hydrogen-bond donors (Lipinski definition) is 1. The molecule has 0 fully saturated rings. The molecular weight excluding hydrogens is 440 g/mol. The molecule has 32 heavy (non-hydrogen) atoms. The van der Waals surface area contributed by atoms with E-state index < -0.39 is 0 Å². The summed E-state index contributed by atoms with van der Waals surface area (Å²) in [5.41, 5.74) is 3.37. The van der Waals surface area contributed by atoms with Crippen molar-refractivity contribution in [2.24, 2.45) is 0 Å². The minimum absolute atomic E-state index is 0.279. The number of nitrogens with zero attached hydrogens (tertiary/aromatic N) is 1. The normalized spacial score (nSPS) is 13.8. The highest BCUT2D eigenvalue weighted by molar-refractivity contribution is 8.04. The number of rotatable bonds is 8. The van der Waals surface area contributed by atoms with Gasteiger partial charge in [0.05, 0.1) is 0 Å². The van der Waals surface area contributed by atoms with Gasteiger partial charge < -0.3 is 5.32 Å². The highest BCUT2D eigenvalue weighted by atomic mass is 35.5. The lowest BCUT2D eigenvalue weighted by Gasteiger charge is -2.15. The predicted octanol–water partition coefficient (Wildman–Crippen LogP) is 5.93. The highest BCUT2D eigenvalue weighted by Gasteiger charge is 2.38. The van der Waals surface area contributed by atoms with Crippen molar-refractivity contribution in [2.45, 2.75) is 24.7 Å². The van der Waals surface area contributed by atoms with Gasteiger partial charge in [0, 0.05) is 22.2 Å². The molecule has 0 saturated carbocycles. The number of imide groups is 1. The van der Waals surface area contributed by atoms with Gasteiger partial charge >= 0.3 is 0 Å². The zero-order valence-electron chi connectivity index (χ0n) is 17.7. The van der Waals surface area contributed by atoms with E-state index in [-0.39, 0.29) is 11.8 Å². The van der Waals surface area contributed by atoms with Crippen LogP contribution >= 0.6 is 23.4 Å². The van der Waals surface area contributed by atoms with Gasteiger partial charge in [0.2, 0.25) is 0 Å². The summed E-state index contributed by atoms with van der Waals surface area (Å²) in [7, 11) is 0. The summed E-state index contributed by atoms with van der Waals surface area (Å²) in [5, 5.41) is 3.82. The number of hydrogen-bond acceptors (Lipinski definition) is 4. The summed E-state index contributed by atoms with van der Waals surface area (Å²) >= 11 is 7.28. The maximum Gasteiger partial charge on any atom is 0.278 e. The summed E-state index contributed by atoms with van der Waals surface area (Å²) in [5.74, 6) is -0.583. The van der Waals surface area contributed by atoms with Gasteiger partial charge in [-0.2, -0.15) is 0 Å². The third-order valence-electron chi connectivity index (χ3n) is 5.26. The van der Waals surface area contributed by atoms with E-state index in [0.29, 0.717) is 28.6 Å². The van der Waals surface area contributed by atoms with Crippen molar-refractivity contribution < 1.29 is 9.59 Å². The fourth-order valence-electron chi connectivity index (χ4n) is 3.44. The largest absolute Gasteiger partial charge is 0.350 e. The van der Waals surface area contributed by atoms with Crippen molar-refractivity contribution in [3.63, 3.8) is 0 Å². The van der Waals surface area contributed by atoms with Crippen molar-refractivity contribution in [2.75, 3.05) is 11.9 Å². The monoisotopic (exact) mass is 462 g/mol. The molecule has 3 aromatic carbocycles. The number of carbonyl (C=O) groups is 2. The van der Waals surface area contributed by atoms with Crippen molar-refractivity contribution in [1.82, 2.24) is 4.90 Å². The van der Waals surface area contributed by atoms with Crippen LogP contribution in [-0.2, 0) is 22.4 Å². The van der Waals surface area contributed by atoms with E-state index in [1.165, 1.54) is 22.2 Å². The van der Waals surface area contributed by atoms with Crippen LogP contribution in [0.4, 0.5) is 5.69 Å². The second-order valence-corrected chi connectivity index (χ2v) is 8.95. The summed E-state index contributed by atoms with van der Waals surface area (Å²) in [6.45, 7) is 2.42. The van der Waals surface area contributed by atoms with Gasteiger partial charge in [-0.15, -0.1) is 0 Å². The molecule has 0 saturated heterocycles. The first-order chi connectivity index (χ1) is 15.5. The molecule has 0 radical (unpaired) electrons. The van der Waals surface area contributed by atoms with Crippen molar-refractivity contribution >= 4 is 40.9 Å². The SMILES string of the molecule is CCc1ccc(NC2=C(Sc3ccc(Cl)cc3)C(=O)N(CCc3ccccc3)C2=O)cc1. The van der Waals surface area contributed by atoms with Crippen LogP contribution < -0.4 is 5.32 Å². The molecular formula is C26H23ClN2O2S. The minimum atomic E-state index is -0.304. The van der Waals surface area contributed by atoms with E-state index in [1.807, 2.05) is 66.7 Å². The molecule has 1 aliphatic heterocycles. The number of benzene rings is 3. The number of anilines is 1. The fraction of sp³-hybridized carbons (Fsp3) is 0.154. The maximum atomic E-state index is 13.3. The van der Waals surface area contributed by atoms with Crippen LogP contribution in [0.15, 0.2) is 94.4 Å². The molecule has 0 aromatic heterocycles. The van der Waals surface area contributed by atoms with Crippen LogP contribution in [0.2, 0.25) is 5.02 Å². The van der Waals surface area contributed by atoms with E-state index >= 15 is 0 Å². The molecule has 6 heteroatoms. The standard InChI is InChI=1S/C26H23ClN2O2S/c1-2-18-8-12-21(13-9-18)28-23-24(32-22-14-10-20(27)11-15-22)26(31)29(25(23)30)17-16-19-6-4-3-5-7-19/h3-15,28H,2,16-17H2,1H3. The summed E-state index contributed by atoms with van der Waals surface area (Å²) in [4.78, 5) is 29.1. The summed E-state index contributed by atoms with van der Waals surface area (Å²) < 4.78 is 0. The van der Waals surface area contributed by atoms with Gasteiger partial charge in [-0.1, -0.05) is 72.8 Å². The molecule has 2 amide bonds. The fourth-order valence-corrected chi connectivity index (χ4v) is 4.51. The molecule has 0 unspecified atom stereocenters. The Kier molecular flexibility index (Phi) is 6.98. The van der Waals surface area contributed by atoms with Crippen LogP contribution in [0.25, 0.3) is 0 Å². The Morgan fingerprint density at radius 3 is 2.19 bits per heavy atom. The number of amides is 2. The van der Waals surface area contributed by atoms with E-state index in [2.05, 4.69) is 12.2 Å². The van der Waals surface area contributed by atoms with Crippen molar-refractivity contribution in [3.05, 3.63) is 106 Å². The van der Waals surface area contributed by atoms with Gasteiger partial charge in [-0.05, 0) is 60.4 Å². The molecule has 1 N–H and O–H groups in total. The number of nitrogens with one attached hydrogen (secondary N) is 1. The molecule has 0 spiro atoms. The maximum absolute atomic E-state index is 13.3. The third kappa shape index (κ3) is 5.06. The quantitative estimate of drug-likeness (QED) is 0.421. The Labute approximate surface area is 197 Å². The van der Waals surface area contributed by atoms with Crippen LogP contribution in [0.1, 0.15) is 18.1 Å². The Morgan fingerprint density at radius 1 is 0.844 bits per heavy atom. The number of carbonyl (C=O) groups excluding carboxylic acids is 2. The van der Waals surface area contributed by atoms with Gasteiger partial charge in [-0.3, -0.25) is 14.5 Å². The Hall–Kier alpha value is -3.02. The third-order valence-corrected chi connectivity index (χ3v) is 6.60. The predicted molar refractivity (Wildman–Crippen MR) is 131 cm³/mol. The molecule has 4 nitrogen and oxygen atoms in total. The number of halogens is 1. The first-order valence-electron chi connectivity index (χ1n) is 10.5. The molecule has 3 aromatic rings. The number of thioether (sulfide) groups is 1. The Bertz CT molecular complexity index is 1140. The van der Waals surface area contributed by atoms with Crippen LogP contribution in [-0.4, -0.2) is 23.3 Å². The van der Waals surface area contributed by atoms with E-state index in [0.717, 1.165) is 22.6 Å². The first-order valence-corrected chi connectivity index (χ1v) is 11.7. The lowest BCUT2D eigenvalue weighted by molar-refractivity contribution is -0.137. The van der Waals surface area contributed by atoms with E-state index in [4.69, 9.17) is 11.6 Å². The topological polar surface area (TPSA) is 49.4 Å². The zero-order valence-corrected chi connectivity index (χ0v) is 19.2. The zero-order chi connectivity index (χ0) is 22.5. The van der Waals surface area contributed by atoms with Gasteiger partial charge in [0.1, 0.15) is 10.6 Å². The Morgan fingerprint density at radius 2 is 1.53 bits per heavy atom. The molecule has 4 rings (SSSR count). The van der Waals surface area contributed by atoms with E-state index in [1.54, 1.807) is 12.1 Å². The molecule has 162 valence electrons. The molecule has 0 aliphatic carbocycles. The van der Waals surface area contributed by atoms with Crippen LogP contribution in [0, 0.1) is 0 Å². The second-order valence-electron chi connectivity index (χ2n) is 7.43. The highest BCUT2D eigenvalue weighted by Crippen LogP contribution is 2.36. The smallest absolute Gasteiger partial charge is 0.278 e. The molecule has 1 aliphatic rings. The Balaban J connectivity index is 1.60. The van der Waals surface area contributed by atoms with E-state index in [9.17, 15) is 9.59 Å². The molecule has 0 atom stereocenters. The van der Waals surface area contributed by atoms with Gasteiger partial charge in [0.25, 0.3) is 11.8 Å². The average Bonchev–Trinajstić information content (AvgIpc) is 3.04. The first kappa shape index (κ1) is 22.2. The van der Waals surface area contributed by atoms with Gasteiger partial charge in [0.15, 0.2) is 0 Å². The average molecular weight is 463 g/mol. The van der Waals surface area contributed by atoms with Gasteiger partial charge in [-0.25, -0.2) is 0 Å². The van der Waals surface area contributed by atoms with Crippen LogP contribution in [0.3, 0.4) is 0 Å². The molecule has 1 heterocycles. The van der Waals surface area contributed by atoms with Crippen molar-refractivity contribution in [3.8, 4) is 0 Å².